The second kappa shape index (κ2) is 10.5. The first-order chi connectivity index (χ1) is 15.6. The number of benzene rings is 2. The quantitative estimate of drug-likeness (QED) is 0.515. The number of hydrogen-bond acceptors (Lipinski definition) is 5. The number of rotatable bonds is 8. The molecule has 1 amide bonds. The van der Waals surface area contributed by atoms with Gasteiger partial charge in [-0.25, -0.2) is 4.39 Å². The number of methoxy groups -OCH3 is 1. The number of hydrogen-bond donors (Lipinski definition) is 1. The van der Waals surface area contributed by atoms with Crippen LogP contribution in [0.4, 0.5) is 4.39 Å². The van der Waals surface area contributed by atoms with Crippen LogP contribution in [0, 0.1) is 5.82 Å². The van der Waals surface area contributed by atoms with Crippen molar-refractivity contribution in [2.24, 2.45) is 0 Å². The molecular weight excluding hydrogens is 425 g/mol. The summed E-state index contributed by atoms with van der Waals surface area (Å²) in [4.78, 5) is 18.3. The number of nitrogens with zero attached hydrogens (tertiary/aromatic N) is 2. The van der Waals surface area contributed by atoms with Crippen molar-refractivity contribution >= 4 is 27.3 Å². The number of halogens is 1. The van der Waals surface area contributed by atoms with Crippen molar-refractivity contribution in [2.75, 3.05) is 46.9 Å². The molecule has 0 spiro atoms. The summed E-state index contributed by atoms with van der Waals surface area (Å²) < 4.78 is 20.4. The normalized spacial score (nSPS) is 17.7. The predicted molar refractivity (Wildman–Crippen MR) is 128 cm³/mol. The van der Waals surface area contributed by atoms with Gasteiger partial charge in [0.05, 0.1) is 11.5 Å². The fraction of sp³-hybridized carbons (Fsp3) is 0.400. The lowest BCUT2D eigenvalue weighted by atomic mass is 10.0. The molecule has 5 nitrogen and oxygen atoms in total. The van der Waals surface area contributed by atoms with E-state index in [0.29, 0.717) is 28.4 Å². The molecule has 4 rings (SSSR count). The van der Waals surface area contributed by atoms with Gasteiger partial charge in [-0.15, -0.1) is 11.3 Å². The van der Waals surface area contributed by atoms with Crippen molar-refractivity contribution in [3.8, 4) is 0 Å². The zero-order valence-corrected chi connectivity index (χ0v) is 19.5. The number of carbonyl (C=O) groups excluding carboxylic acids is 1. The van der Waals surface area contributed by atoms with Gasteiger partial charge in [0.1, 0.15) is 5.82 Å². The highest BCUT2D eigenvalue weighted by Gasteiger charge is 2.26. The van der Waals surface area contributed by atoms with Crippen molar-refractivity contribution < 1.29 is 13.9 Å². The molecule has 0 saturated carbocycles. The first-order valence-electron chi connectivity index (χ1n) is 11.0. The summed E-state index contributed by atoms with van der Waals surface area (Å²) in [6.07, 6.45) is 0.859. The molecule has 2 heterocycles. The van der Waals surface area contributed by atoms with Gasteiger partial charge in [-0.1, -0.05) is 36.4 Å². The molecule has 0 radical (unpaired) electrons. The first kappa shape index (κ1) is 22.9. The van der Waals surface area contributed by atoms with E-state index < -0.39 is 0 Å². The topological polar surface area (TPSA) is 44.8 Å². The number of thiophene rings is 1. The summed E-state index contributed by atoms with van der Waals surface area (Å²) >= 11 is 1.32. The van der Waals surface area contributed by atoms with Crippen LogP contribution in [-0.4, -0.2) is 62.6 Å². The minimum atomic E-state index is -0.313. The predicted octanol–water partition coefficient (Wildman–Crippen LogP) is 4.30. The summed E-state index contributed by atoms with van der Waals surface area (Å²) in [5.74, 6) is -0.470. The van der Waals surface area contributed by atoms with E-state index in [4.69, 9.17) is 4.74 Å². The summed E-state index contributed by atoms with van der Waals surface area (Å²) in [7, 11) is 3.73. The minimum absolute atomic E-state index is 0.157. The monoisotopic (exact) mass is 455 g/mol. The Labute approximate surface area is 192 Å². The molecule has 1 fully saturated rings. The van der Waals surface area contributed by atoms with Crippen LogP contribution in [0.1, 0.15) is 33.3 Å². The third kappa shape index (κ3) is 5.02. The van der Waals surface area contributed by atoms with Crippen LogP contribution in [0.3, 0.4) is 0 Å². The van der Waals surface area contributed by atoms with Crippen LogP contribution in [0.5, 0.6) is 0 Å². The summed E-state index contributed by atoms with van der Waals surface area (Å²) in [5, 5.41) is 3.53. The first-order valence-corrected chi connectivity index (χ1v) is 11.8. The second-order valence-electron chi connectivity index (χ2n) is 8.29. The fourth-order valence-corrected chi connectivity index (χ4v) is 5.55. The molecule has 170 valence electrons. The van der Waals surface area contributed by atoms with Crippen LogP contribution in [-0.2, 0) is 11.3 Å². The summed E-state index contributed by atoms with van der Waals surface area (Å²) in [6.45, 7) is 4.77. The highest BCUT2D eigenvalue weighted by atomic mass is 32.1. The van der Waals surface area contributed by atoms with E-state index in [2.05, 4.69) is 46.4 Å². The van der Waals surface area contributed by atoms with E-state index in [9.17, 15) is 9.18 Å². The van der Waals surface area contributed by atoms with Crippen molar-refractivity contribution in [3.05, 3.63) is 70.4 Å². The Kier molecular flexibility index (Phi) is 7.52. The lowest BCUT2D eigenvalue weighted by molar-refractivity contribution is 0.0866. The molecule has 0 bridgehead atoms. The number of fused-ring (bicyclic) bond motifs is 1. The van der Waals surface area contributed by atoms with E-state index >= 15 is 0 Å². The van der Waals surface area contributed by atoms with Crippen LogP contribution >= 0.6 is 11.3 Å². The molecule has 7 heteroatoms. The van der Waals surface area contributed by atoms with E-state index in [1.807, 2.05) is 12.1 Å². The smallest absolute Gasteiger partial charge is 0.261 e. The van der Waals surface area contributed by atoms with E-state index in [-0.39, 0.29) is 18.3 Å². The molecular formula is C25H30FN3O2S. The maximum absolute atomic E-state index is 14.4. The average Bonchev–Trinajstić information content (AvgIpc) is 3.18. The lowest BCUT2D eigenvalue weighted by Crippen LogP contribution is -2.47. The number of nitrogens with one attached hydrogen (secondary N) is 1. The maximum Gasteiger partial charge on any atom is 0.261 e. The highest BCUT2D eigenvalue weighted by molar-refractivity contribution is 7.21. The Hall–Kier alpha value is -2.32. The standard InChI is InChI=1S/C25H30FN3O2S/c1-28-14-15-29(21(16-28)18-8-4-3-5-9-18)13-7-12-27-25(30)24-19(17-31-2)23-20(26)10-6-11-22(23)32-24/h3-6,8-11,21H,7,12-17H2,1-2H3,(H,27,30). The summed E-state index contributed by atoms with van der Waals surface area (Å²) in [6, 6.07) is 15.9. The largest absolute Gasteiger partial charge is 0.380 e. The fourth-order valence-electron chi connectivity index (χ4n) is 4.41. The van der Waals surface area contributed by atoms with Crippen LogP contribution in [0.2, 0.25) is 0 Å². The maximum atomic E-state index is 14.4. The average molecular weight is 456 g/mol. The van der Waals surface area contributed by atoms with Crippen molar-refractivity contribution in [1.82, 2.24) is 15.1 Å². The molecule has 3 aromatic rings. The highest BCUT2D eigenvalue weighted by Crippen LogP contribution is 2.33. The molecule has 1 unspecified atom stereocenters. The van der Waals surface area contributed by atoms with E-state index in [1.165, 1.54) is 23.0 Å². The van der Waals surface area contributed by atoms with Gasteiger partial charge >= 0.3 is 0 Å². The molecule has 1 N–H and O–H groups in total. The van der Waals surface area contributed by atoms with Crippen molar-refractivity contribution in [2.45, 2.75) is 19.1 Å². The van der Waals surface area contributed by atoms with E-state index in [0.717, 1.165) is 37.3 Å². The molecule has 1 aliphatic heterocycles. The number of piperazine rings is 1. The summed E-state index contributed by atoms with van der Waals surface area (Å²) in [5.41, 5.74) is 1.96. The minimum Gasteiger partial charge on any atom is -0.380 e. The number of carbonyl (C=O) groups is 1. The van der Waals surface area contributed by atoms with Crippen molar-refractivity contribution in [1.29, 1.82) is 0 Å². The second-order valence-corrected chi connectivity index (χ2v) is 9.34. The number of amides is 1. The number of ether oxygens (including phenoxy) is 1. The van der Waals surface area contributed by atoms with E-state index in [1.54, 1.807) is 13.2 Å². The van der Waals surface area contributed by atoms with Gasteiger partial charge in [-0.05, 0) is 31.2 Å². The van der Waals surface area contributed by atoms with Gasteiger partial charge in [0.2, 0.25) is 0 Å². The Bertz CT molecular complexity index is 1060. The van der Waals surface area contributed by atoms with Gasteiger partial charge in [0.25, 0.3) is 5.91 Å². The molecule has 1 aromatic heterocycles. The van der Waals surface area contributed by atoms with Crippen molar-refractivity contribution in [3.63, 3.8) is 0 Å². The Morgan fingerprint density at radius 1 is 1.19 bits per heavy atom. The third-order valence-corrected chi connectivity index (χ3v) is 7.24. The molecule has 32 heavy (non-hydrogen) atoms. The zero-order chi connectivity index (χ0) is 22.5. The Morgan fingerprint density at radius 3 is 2.78 bits per heavy atom. The van der Waals surface area contributed by atoms with Gasteiger partial charge < -0.3 is 15.0 Å². The van der Waals surface area contributed by atoms with Crippen LogP contribution in [0.15, 0.2) is 48.5 Å². The Morgan fingerprint density at radius 2 is 2.00 bits per heavy atom. The molecule has 2 aromatic carbocycles. The molecule has 1 atom stereocenters. The molecule has 0 aliphatic carbocycles. The van der Waals surface area contributed by atoms with Crippen LogP contribution in [0.25, 0.3) is 10.1 Å². The van der Waals surface area contributed by atoms with Gasteiger partial charge in [0.15, 0.2) is 0 Å². The third-order valence-electron chi connectivity index (χ3n) is 6.04. The van der Waals surface area contributed by atoms with Gasteiger partial charge in [-0.3, -0.25) is 9.69 Å². The van der Waals surface area contributed by atoms with Gasteiger partial charge in [0, 0.05) is 61.5 Å². The lowest BCUT2D eigenvalue weighted by Gasteiger charge is -2.40. The van der Waals surface area contributed by atoms with Crippen LogP contribution < -0.4 is 5.32 Å². The number of likely N-dealkylation sites (N-methyl/N-ethyl adjacent to an activating group) is 1. The molecule has 1 saturated heterocycles. The zero-order valence-electron chi connectivity index (χ0n) is 18.6. The van der Waals surface area contributed by atoms with Gasteiger partial charge in [-0.2, -0.15) is 0 Å². The SMILES string of the molecule is COCc1c(C(=O)NCCCN2CCN(C)CC2c2ccccc2)sc2cccc(F)c12. The Balaban J connectivity index is 1.38. The molecule has 1 aliphatic rings.